The first-order valence-corrected chi connectivity index (χ1v) is 7.15. The molecule has 4 rings (SSSR count). The van der Waals surface area contributed by atoms with E-state index in [0.717, 1.165) is 0 Å². The number of carbonyl (C=O) groups is 1. The third kappa shape index (κ3) is 2.21. The van der Waals surface area contributed by atoms with Crippen LogP contribution in [0, 0.1) is 5.82 Å². The second-order valence-corrected chi connectivity index (χ2v) is 5.41. The third-order valence-corrected chi connectivity index (χ3v) is 4.01. The van der Waals surface area contributed by atoms with Crippen molar-refractivity contribution in [3.63, 3.8) is 0 Å². The average molecular weight is 310 g/mol. The van der Waals surface area contributed by atoms with E-state index < -0.39 is 17.5 Å². The van der Waals surface area contributed by atoms with Crippen molar-refractivity contribution in [3.05, 3.63) is 75.9 Å². The smallest absolute Gasteiger partial charge is 0.343 e. The number of benzene rings is 2. The topological polar surface area (TPSA) is 56.5 Å². The Balaban J connectivity index is 2.00. The first-order chi connectivity index (χ1) is 11.1. The van der Waals surface area contributed by atoms with Gasteiger partial charge in [-0.2, -0.15) is 0 Å². The Hall–Kier alpha value is -2.95. The summed E-state index contributed by atoms with van der Waals surface area (Å²) in [6.07, 6.45) is 0.0156. The van der Waals surface area contributed by atoms with Crippen LogP contribution in [0.25, 0.3) is 11.0 Å². The van der Waals surface area contributed by atoms with Crippen LogP contribution >= 0.6 is 0 Å². The standard InChI is InChI=1S/C18H11FO4/c19-11-7-5-10(6-8-11)13-9-15(20)23-17-12-3-1-2-4-14(12)22-18(21)16(13)17/h1-8,13H,9H2/t13-/m0/s1. The van der Waals surface area contributed by atoms with Crippen LogP contribution < -0.4 is 10.4 Å². The van der Waals surface area contributed by atoms with E-state index in [1.807, 2.05) is 0 Å². The zero-order chi connectivity index (χ0) is 16.0. The fourth-order valence-electron chi connectivity index (χ4n) is 2.95. The van der Waals surface area contributed by atoms with Crippen LogP contribution in [0.1, 0.15) is 23.5 Å². The number of ether oxygens (including phenoxy) is 1. The van der Waals surface area contributed by atoms with Crippen molar-refractivity contribution in [3.8, 4) is 5.75 Å². The maximum Gasteiger partial charge on any atom is 0.343 e. The summed E-state index contributed by atoms with van der Waals surface area (Å²) >= 11 is 0. The molecule has 0 aliphatic carbocycles. The predicted octanol–water partition coefficient (Wildman–Crippen LogP) is 3.37. The molecule has 4 nitrogen and oxygen atoms in total. The molecule has 0 saturated heterocycles. The molecule has 1 aliphatic rings. The Labute approximate surface area is 130 Å². The first kappa shape index (κ1) is 13.7. The van der Waals surface area contributed by atoms with Gasteiger partial charge in [-0.05, 0) is 29.8 Å². The van der Waals surface area contributed by atoms with E-state index >= 15 is 0 Å². The maximum atomic E-state index is 13.1. The fourth-order valence-corrected chi connectivity index (χ4v) is 2.95. The lowest BCUT2D eigenvalue weighted by Crippen LogP contribution is -2.26. The number of hydrogen-bond donors (Lipinski definition) is 0. The molecule has 0 bridgehead atoms. The van der Waals surface area contributed by atoms with Crippen LogP contribution in [0.2, 0.25) is 0 Å². The number of rotatable bonds is 1. The molecule has 2 heterocycles. The minimum atomic E-state index is -0.541. The summed E-state index contributed by atoms with van der Waals surface area (Å²) in [4.78, 5) is 24.4. The molecule has 0 fully saturated rings. The SMILES string of the molecule is O=C1C[C@@H](c2ccc(F)cc2)c2c(c3ccccc3oc2=O)O1. The maximum absolute atomic E-state index is 13.1. The van der Waals surface area contributed by atoms with Gasteiger partial charge in [-0.15, -0.1) is 0 Å². The Morgan fingerprint density at radius 2 is 1.74 bits per heavy atom. The number of esters is 1. The summed E-state index contributed by atoms with van der Waals surface area (Å²) in [7, 11) is 0. The Morgan fingerprint density at radius 1 is 1.00 bits per heavy atom. The van der Waals surface area contributed by atoms with Gasteiger partial charge in [-0.25, -0.2) is 9.18 Å². The molecular weight excluding hydrogens is 299 g/mol. The summed E-state index contributed by atoms with van der Waals surface area (Å²) in [6.45, 7) is 0. The van der Waals surface area contributed by atoms with Crippen molar-refractivity contribution in [1.82, 2.24) is 0 Å². The van der Waals surface area contributed by atoms with E-state index in [4.69, 9.17) is 9.15 Å². The van der Waals surface area contributed by atoms with Gasteiger partial charge in [0.25, 0.3) is 0 Å². The van der Waals surface area contributed by atoms with E-state index in [0.29, 0.717) is 22.1 Å². The highest BCUT2D eigenvalue weighted by molar-refractivity contribution is 5.90. The highest BCUT2D eigenvalue weighted by Crippen LogP contribution is 2.40. The second-order valence-electron chi connectivity index (χ2n) is 5.41. The van der Waals surface area contributed by atoms with E-state index in [1.54, 1.807) is 36.4 Å². The van der Waals surface area contributed by atoms with Crippen LogP contribution in [0.5, 0.6) is 5.75 Å². The van der Waals surface area contributed by atoms with Crippen LogP contribution in [-0.2, 0) is 4.79 Å². The summed E-state index contributed by atoms with van der Waals surface area (Å²) in [5.41, 5.74) is 0.797. The first-order valence-electron chi connectivity index (χ1n) is 7.15. The van der Waals surface area contributed by atoms with Crippen LogP contribution in [0.15, 0.2) is 57.7 Å². The predicted molar refractivity (Wildman–Crippen MR) is 81.0 cm³/mol. The molecule has 3 aromatic rings. The monoisotopic (exact) mass is 310 g/mol. The minimum Gasteiger partial charge on any atom is -0.425 e. The van der Waals surface area contributed by atoms with Crippen LogP contribution in [-0.4, -0.2) is 5.97 Å². The zero-order valence-electron chi connectivity index (χ0n) is 11.9. The quantitative estimate of drug-likeness (QED) is 0.511. The van der Waals surface area contributed by atoms with E-state index in [9.17, 15) is 14.0 Å². The summed E-state index contributed by atoms with van der Waals surface area (Å²) in [6, 6.07) is 12.6. The van der Waals surface area contributed by atoms with E-state index in [2.05, 4.69) is 0 Å². The lowest BCUT2D eigenvalue weighted by Gasteiger charge is -2.24. The molecule has 0 unspecified atom stereocenters. The third-order valence-electron chi connectivity index (χ3n) is 4.01. The number of halogens is 1. The van der Waals surface area contributed by atoms with Gasteiger partial charge in [0, 0.05) is 5.92 Å². The largest absolute Gasteiger partial charge is 0.425 e. The van der Waals surface area contributed by atoms with Crippen LogP contribution in [0.3, 0.4) is 0 Å². The van der Waals surface area contributed by atoms with Gasteiger partial charge < -0.3 is 9.15 Å². The van der Waals surface area contributed by atoms with Crippen molar-refractivity contribution in [2.24, 2.45) is 0 Å². The van der Waals surface area contributed by atoms with Crippen molar-refractivity contribution in [1.29, 1.82) is 0 Å². The van der Waals surface area contributed by atoms with Crippen molar-refractivity contribution < 1.29 is 18.3 Å². The molecule has 2 aromatic carbocycles. The normalized spacial score (nSPS) is 16.9. The minimum absolute atomic E-state index is 0.0156. The lowest BCUT2D eigenvalue weighted by molar-refractivity contribution is -0.135. The van der Waals surface area contributed by atoms with E-state index in [1.165, 1.54) is 12.1 Å². The average Bonchev–Trinajstić information content (AvgIpc) is 2.55. The highest BCUT2D eigenvalue weighted by Gasteiger charge is 2.33. The molecule has 5 heteroatoms. The summed E-state index contributed by atoms with van der Waals surface area (Å²) < 4.78 is 23.8. The fraction of sp³-hybridized carbons (Fsp3) is 0.111. The van der Waals surface area contributed by atoms with Crippen LogP contribution in [0.4, 0.5) is 4.39 Å². The van der Waals surface area contributed by atoms with Gasteiger partial charge >= 0.3 is 11.6 Å². The molecule has 0 amide bonds. The van der Waals surface area contributed by atoms with Gasteiger partial charge in [0.15, 0.2) is 5.75 Å². The Bertz CT molecular complexity index is 972. The summed E-state index contributed by atoms with van der Waals surface area (Å²) in [5.74, 6) is -1.07. The Kier molecular flexibility index (Phi) is 3.01. The summed E-state index contributed by atoms with van der Waals surface area (Å²) in [5, 5.41) is 0.572. The van der Waals surface area contributed by atoms with Crippen molar-refractivity contribution in [2.75, 3.05) is 0 Å². The van der Waals surface area contributed by atoms with Crippen molar-refractivity contribution in [2.45, 2.75) is 12.3 Å². The van der Waals surface area contributed by atoms with Crippen molar-refractivity contribution >= 4 is 16.9 Å². The molecule has 0 N–H and O–H groups in total. The molecule has 0 radical (unpaired) electrons. The molecule has 1 aromatic heterocycles. The van der Waals surface area contributed by atoms with Gasteiger partial charge in [-0.3, -0.25) is 4.79 Å². The van der Waals surface area contributed by atoms with Gasteiger partial charge in [0.1, 0.15) is 11.4 Å². The van der Waals surface area contributed by atoms with Gasteiger partial charge in [0.05, 0.1) is 17.4 Å². The zero-order valence-corrected chi connectivity index (χ0v) is 11.9. The molecule has 1 aliphatic heterocycles. The lowest BCUT2D eigenvalue weighted by atomic mass is 9.87. The molecular formula is C18H11FO4. The molecule has 0 saturated carbocycles. The van der Waals surface area contributed by atoms with Gasteiger partial charge in [0.2, 0.25) is 0 Å². The number of hydrogen-bond acceptors (Lipinski definition) is 4. The van der Waals surface area contributed by atoms with Gasteiger partial charge in [-0.1, -0.05) is 24.3 Å². The molecule has 0 spiro atoms. The number of carbonyl (C=O) groups excluding carboxylic acids is 1. The number of para-hydroxylation sites is 1. The molecule has 1 atom stereocenters. The van der Waals surface area contributed by atoms with E-state index in [-0.39, 0.29) is 18.0 Å². The second kappa shape index (κ2) is 5.05. The highest BCUT2D eigenvalue weighted by atomic mass is 19.1. The number of fused-ring (bicyclic) bond motifs is 3. The molecule has 23 heavy (non-hydrogen) atoms. The molecule has 114 valence electrons. The Morgan fingerprint density at radius 3 is 2.52 bits per heavy atom.